The quantitative estimate of drug-likeness (QED) is 0.667. The Bertz CT molecular complexity index is 397. The minimum Gasteiger partial charge on any atom is -0.508 e. The van der Waals surface area contributed by atoms with E-state index in [1.807, 2.05) is 13.8 Å². The van der Waals surface area contributed by atoms with Crippen molar-refractivity contribution in [3.63, 3.8) is 0 Å². The minimum absolute atomic E-state index is 0.00694. The van der Waals surface area contributed by atoms with E-state index in [1.165, 1.54) is 0 Å². The number of carbonyl (C=O) groups is 1. The molecule has 1 aromatic carbocycles. The van der Waals surface area contributed by atoms with Gasteiger partial charge in [-0.25, -0.2) is 0 Å². The van der Waals surface area contributed by atoms with E-state index >= 15 is 0 Å². The minimum atomic E-state index is 0.00694. The normalized spacial score (nSPS) is 14.4. The lowest BCUT2D eigenvalue weighted by molar-refractivity contribution is -0.115. The second-order valence-corrected chi connectivity index (χ2v) is 3.95. The number of rotatable bonds is 1. The molecular weight excluding hydrogens is 178 g/mol. The number of fused-ring (bicyclic) bond motifs is 1. The van der Waals surface area contributed by atoms with E-state index in [4.69, 9.17) is 0 Å². The van der Waals surface area contributed by atoms with Gasteiger partial charge in [0.25, 0.3) is 0 Å². The average Bonchev–Trinajstić information content (AvgIpc) is 2.42. The maximum absolute atomic E-state index is 11.2. The summed E-state index contributed by atoms with van der Waals surface area (Å²) in [6.45, 7) is 4.08. The molecule has 0 unspecified atom stereocenters. The molecule has 3 nitrogen and oxygen atoms in total. The molecule has 0 saturated heterocycles. The molecule has 1 heterocycles. The van der Waals surface area contributed by atoms with E-state index in [0.717, 1.165) is 16.8 Å². The zero-order valence-corrected chi connectivity index (χ0v) is 8.29. The van der Waals surface area contributed by atoms with Crippen LogP contribution in [0.1, 0.15) is 30.9 Å². The van der Waals surface area contributed by atoms with Crippen LogP contribution in [0.25, 0.3) is 0 Å². The topological polar surface area (TPSA) is 49.3 Å². The van der Waals surface area contributed by atoms with E-state index in [2.05, 4.69) is 5.32 Å². The Hall–Kier alpha value is -1.51. The predicted molar refractivity (Wildman–Crippen MR) is 54.5 cm³/mol. The summed E-state index contributed by atoms with van der Waals surface area (Å²) in [5.41, 5.74) is 2.80. The predicted octanol–water partition coefficient (Wildman–Crippen LogP) is 2.01. The van der Waals surface area contributed by atoms with Crippen molar-refractivity contribution in [1.29, 1.82) is 0 Å². The second kappa shape index (κ2) is 3.01. The molecule has 0 saturated carbocycles. The van der Waals surface area contributed by atoms with Crippen LogP contribution in [0.3, 0.4) is 0 Å². The van der Waals surface area contributed by atoms with Crippen molar-refractivity contribution in [3.05, 3.63) is 23.3 Å². The summed E-state index contributed by atoms with van der Waals surface area (Å²) in [6, 6.07) is 3.37. The number of amides is 1. The number of phenols is 1. The molecule has 0 spiro atoms. The number of phenolic OH excluding ortho intramolecular Hbond substituents is 1. The molecule has 0 bridgehead atoms. The number of anilines is 1. The van der Waals surface area contributed by atoms with Gasteiger partial charge in [-0.15, -0.1) is 0 Å². The molecule has 1 aromatic rings. The average molecular weight is 191 g/mol. The third kappa shape index (κ3) is 1.35. The molecule has 0 aromatic heterocycles. The summed E-state index contributed by atoms with van der Waals surface area (Å²) in [6.07, 6.45) is 0.378. The molecule has 0 atom stereocenters. The fraction of sp³-hybridized carbons (Fsp3) is 0.364. The van der Waals surface area contributed by atoms with Gasteiger partial charge in [-0.05, 0) is 29.2 Å². The molecule has 0 fully saturated rings. The molecule has 1 aliphatic rings. The Morgan fingerprint density at radius 3 is 2.79 bits per heavy atom. The Balaban J connectivity index is 2.57. The van der Waals surface area contributed by atoms with Gasteiger partial charge in [0.15, 0.2) is 0 Å². The summed E-state index contributed by atoms with van der Waals surface area (Å²) >= 11 is 0. The molecule has 14 heavy (non-hydrogen) atoms. The standard InChI is InChI=1S/C11H13NO2/c1-6(2)9-5-8(13)3-7-4-10(14)12-11(7)9/h3,5-6,13H,4H2,1-2H3,(H,12,14). The van der Waals surface area contributed by atoms with E-state index in [1.54, 1.807) is 12.1 Å². The summed E-state index contributed by atoms with van der Waals surface area (Å²) in [5, 5.41) is 12.3. The molecule has 74 valence electrons. The maximum Gasteiger partial charge on any atom is 0.228 e. The number of aromatic hydroxyl groups is 1. The van der Waals surface area contributed by atoms with Crippen LogP contribution in [0.2, 0.25) is 0 Å². The molecular formula is C11H13NO2. The zero-order valence-electron chi connectivity index (χ0n) is 8.29. The van der Waals surface area contributed by atoms with Crippen LogP contribution in [0.15, 0.2) is 12.1 Å². The highest BCUT2D eigenvalue weighted by Gasteiger charge is 2.22. The molecule has 2 rings (SSSR count). The number of benzene rings is 1. The van der Waals surface area contributed by atoms with Crippen LogP contribution in [0.5, 0.6) is 5.75 Å². The van der Waals surface area contributed by atoms with E-state index < -0.39 is 0 Å². The molecule has 3 heteroatoms. The molecule has 1 aliphatic heterocycles. The van der Waals surface area contributed by atoms with Gasteiger partial charge in [0, 0.05) is 5.69 Å². The van der Waals surface area contributed by atoms with Gasteiger partial charge >= 0.3 is 0 Å². The summed E-state index contributed by atoms with van der Waals surface area (Å²) in [4.78, 5) is 11.2. The zero-order chi connectivity index (χ0) is 10.3. The Morgan fingerprint density at radius 1 is 1.43 bits per heavy atom. The Morgan fingerprint density at radius 2 is 2.14 bits per heavy atom. The van der Waals surface area contributed by atoms with Crippen LogP contribution >= 0.6 is 0 Å². The molecule has 0 aliphatic carbocycles. The maximum atomic E-state index is 11.2. The first-order valence-electron chi connectivity index (χ1n) is 4.73. The van der Waals surface area contributed by atoms with Crippen LogP contribution in [0, 0.1) is 0 Å². The summed E-state index contributed by atoms with van der Waals surface area (Å²) in [5.74, 6) is 0.547. The van der Waals surface area contributed by atoms with Crippen molar-refractivity contribution in [2.75, 3.05) is 5.32 Å². The van der Waals surface area contributed by atoms with Crippen molar-refractivity contribution in [3.8, 4) is 5.75 Å². The van der Waals surface area contributed by atoms with Crippen molar-refractivity contribution in [2.45, 2.75) is 26.2 Å². The van der Waals surface area contributed by atoms with Crippen molar-refractivity contribution >= 4 is 11.6 Å². The summed E-state index contributed by atoms with van der Waals surface area (Å²) in [7, 11) is 0. The lowest BCUT2D eigenvalue weighted by Crippen LogP contribution is -2.05. The van der Waals surface area contributed by atoms with Gasteiger partial charge in [0.2, 0.25) is 5.91 Å². The van der Waals surface area contributed by atoms with E-state index in [0.29, 0.717) is 12.3 Å². The fourth-order valence-electron chi connectivity index (χ4n) is 1.81. The number of hydrogen-bond acceptors (Lipinski definition) is 2. The first kappa shape index (κ1) is 9.06. The van der Waals surface area contributed by atoms with Gasteiger partial charge < -0.3 is 10.4 Å². The first-order chi connectivity index (χ1) is 6.58. The van der Waals surface area contributed by atoms with Crippen LogP contribution in [0.4, 0.5) is 5.69 Å². The van der Waals surface area contributed by atoms with Gasteiger partial charge in [0.1, 0.15) is 5.75 Å². The van der Waals surface area contributed by atoms with Crippen molar-refractivity contribution < 1.29 is 9.90 Å². The highest BCUT2D eigenvalue weighted by Crippen LogP contribution is 2.35. The summed E-state index contributed by atoms with van der Waals surface area (Å²) < 4.78 is 0. The van der Waals surface area contributed by atoms with Crippen molar-refractivity contribution in [2.24, 2.45) is 0 Å². The van der Waals surface area contributed by atoms with Gasteiger partial charge in [-0.1, -0.05) is 13.8 Å². The van der Waals surface area contributed by atoms with E-state index in [-0.39, 0.29) is 11.7 Å². The highest BCUT2D eigenvalue weighted by molar-refractivity contribution is 6.00. The monoisotopic (exact) mass is 191 g/mol. The SMILES string of the molecule is CC(C)c1cc(O)cc2c1NC(=O)C2. The molecule has 0 radical (unpaired) electrons. The molecule has 2 N–H and O–H groups in total. The van der Waals surface area contributed by atoms with Crippen LogP contribution < -0.4 is 5.32 Å². The van der Waals surface area contributed by atoms with Gasteiger partial charge in [0.05, 0.1) is 6.42 Å². The van der Waals surface area contributed by atoms with Crippen LogP contribution in [-0.4, -0.2) is 11.0 Å². The van der Waals surface area contributed by atoms with Crippen molar-refractivity contribution in [1.82, 2.24) is 0 Å². The lowest BCUT2D eigenvalue weighted by Gasteiger charge is -2.11. The number of hydrogen-bond donors (Lipinski definition) is 2. The van der Waals surface area contributed by atoms with Gasteiger partial charge in [-0.2, -0.15) is 0 Å². The number of nitrogens with one attached hydrogen (secondary N) is 1. The fourth-order valence-corrected chi connectivity index (χ4v) is 1.81. The second-order valence-electron chi connectivity index (χ2n) is 3.95. The Labute approximate surface area is 82.8 Å². The lowest BCUT2D eigenvalue weighted by atomic mass is 9.98. The smallest absolute Gasteiger partial charge is 0.228 e. The Kier molecular flexibility index (Phi) is 1.95. The van der Waals surface area contributed by atoms with Gasteiger partial charge in [-0.3, -0.25) is 4.79 Å². The highest BCUT2D eigenvalue weighted by atomic mass is 16.3. The number of carbonyl (C=O) groups excluding carboxylic acids is 1. The molecule has 1 amide bonds. The van der Waals surface area contributed by atoms with Crippen LogP contribution in [-0.2, 0) is 11.2 Å². The first-order valence-corrected chi connectivity index (χ1v) is 4.73. The largest absolute Gasteiger partial charge is 0.508 e. The van der Waals surface area contributed by atoms with E-state index in [9.17, 15) is 9.90 Å². The third-order valence-corrected chi connectivity index (χ3v) is 2.47. The third-order valence-electron chi connectivity index (χ3n) is 2.47.